The van der Waals surface area contributed by atoms with Gasteiger partial charge in [-0.25, -0.2) is 18.8 Å². The number of aliphatic imine (C=N–C) groups is 1. The molecule has 10 heteroatoms. The lowest BCUT2D eigenvalue weighted by molar-refractivity contribution is -0.0506. The Bertz CT molecular complexity index is 880. The second-order valence-corrected chi connectivity index (χ2v) is 6.67. The Morgan fingerprint density at radius 2 is 2.07 bits per heavy atom. The van der Waals surface area contributed by atoms with Gasteiger partial charge in [-0.1, -0.05) is 6.07 Å². The van der Waals surface area contributed by atoms with Gasteiger partial charge in [0, 0.05) is 31.9 Å². The van der Waals surface area contributed by atoms with E-state index < -0.39 is 12.4 Å². The van der Waals surface area contributed by atoms with E-state index in [4.69, 9.17) is 0 Å². The predicted octanol–water partition coefficient (Wildman–Crippen LogP) is 3.30. The van der Waals surface area contributed by atoms with Crippen LogP contribution in [0.4, 0.5) is 23.4 Å². The first kappa shape index (κ1) is 21.7. The van der Waals surface area contributed by atoms with E-state index >= 15 is 0 Å². The van der Waals surface area contributed by atoms with Crippen molar-refractivity contribution in [1.29, 1.82) is 0 Å². The molecule has 0 bridgehead atoms. The summed E-state index contributed by atoms with van der Waals surface area (Å²) in [6, 6.07) is 6.60. The Morgan fingerprint density at radius 3 is 2.80 bits per heavy atom. The molecule has 0 aliphatic carbocycles. The minimum Gasteiger partial charge on any atom is -0.434 e. The van der Waals surface area contributed by atoms with Crippen LogP contribution in [0.2, 0.25) is 0 Å². The Kier molecular flexibility index (Phi) is 7.31. The van der Waals surface area contributed by atoms with Crippen LogP contribution in [0.1, 0.15) is 18.9 Å². The first-order valence-electron chi connectivity index (χ1n) is 9.60. The molecule has 1 aliphatic rings. The third-order valence-electron chi connectivity index (χ3n) is 4.60. The summed E-state index contributed by atoms with van der Waals surface area (Å²) in [5.74, 6) is -0.613. The van der Waals surface area contributed by atoms with E-state index in [0.717, 1.165) is 6.42 Å². The Balaban J connectivity index is 1.68. The van der Waals surface area contributed by atoms with Gasteiger partial charge in [-0.3, -0.25) is 0 Å². The van der Waals surface area contributed by atoms with Crippen LogP contribution in [0.3, 0.4) is 0 Å². The molecular weight excluding hydrogens is 402 g/mol. The zero-order valence-electron chi connectivity index (χ0n) is 16.4. The molecule has 1 atom stereocenters. The van der Waals surface area contributed by atoms with Gasteiger partial charge in [0.25, 0.3) is 0 Å². The molecule has 1 aromatic heterocycles. The van der Waals surface area contributed by atoms with Crippen LogP contribution < -0.4 is 20.3 Å². The monoisotopic (exact) mass is 425 g/mol. The average molecular weight is 425 g/mol. The molecule has 162 valence electrons. The highest BCUT2D eigenvalue weighted by atomic mass is 19.3. The van der Waals surface area contributed by atoms with Crippen molar-refractivity contribution < 1.29 is 22.3 Å². The highest BCUT2D eigenvalue weighted by Crippen LogP contribution is 2.24. The number of alkyl halides is 2. The van der Waals surface area contributed by atoms with Crippen LogP contribution in [0, 0.1) is 11.6 Å². The van der Waals surface area contributed by atoms with Crippen molar-refractivity contribution in [2.75, 3.05) is 24.5 Å². The molecule has 1 aromatic carbocycles. The molecule has 2 N–H and O–H groups in total. The summed E-state index contributed by atoms with van der Waals surface area (Å²) in [6.45, 7) is 0.306. The van der Waals surface area contributed by atoms with Crippen molar-refractivity contribution in [3.63, 3.8) is 0 Å². The normalized spacial score (nSPS) is 16.8. The number of hydrogen-bond donors (Lipinski definition) is 2. The van der Waals surface area contributed by atoms with E-state index in [2.05, 4.69) is 25.3 Å². The molecule has 0 radical (unpaired) electrons. The number of guanidine groups is 1. The van der Waals surface area contributed by atoms with Gasteiger partial charge in [0.15, 0.2) is 17.6 Å². The lowest BCUT2D eigenvalue weighted by Crippen LogP contribution is -2.44. The van der Waals surface area contributed by atoms with Gasteiger partial charge in [0.05, 0.1) is 12.1 Å². The summed E-state index contributed by atoms with van der Waals surface area (Å²) in [6.07, 6.45) is 2.26. The van der Waals surface area contributed by atoms with Crippen molar-refractivity contribution in [2.24, 2.45) is 4.99 Å². The summed E-state index contributed by atoms with van der Waals surface area (Å²) in [5, 5.41) is 6.27. The van der Waals surface area contributed by atoms with Gasteiger partial charge in [-0.2, -0.15) is 8.78 Å². The first-order valence-corrected chi connectivity index (χ1v) is 9.60. The summed E-state index contributed by atoms with van der Waals surface area (Å²) in [4.78, 5) is 10.2. The largest absolute Gasteiger partial charge is 0.434 e. The molecule has 6 nitrogen and oxygen atoms in total. The quantitative estimate of drug-likeness (QED) is 0.405. The standard InChI is InChI=1S/C20H23F4N5O/c1-2-25-20(27-11-14-15(21)5-3-7-17(14)30-19(23)24)28-13-8-10-29(12-13)18-16(22)6-4-9-26-18/h3-7,9,13,19H,2,8,10-12H2,1H3,(H2,25,27,28). The van der Waals surface area contributed by atoms with Gasteiger partial charge in [0.2, 0.25) is 0 Å². The van der Waals surface area contributed by atoms with E-state index in [0.29, 0.717) is 31.4 Å². The smallest absolute Gasteiger partial charge is 0.387 e. The maximum absolute atomic E-state index is 14.1. The molecule has 30 heavy (non-hydrogen) atoms. The summed E-state index contributed by atoms with van der Waals surface area (Å²) < 4.78 is 57.7. The van der Waals surface area contributed by atoms with Crippen LogP contribution >= 0.6 is 0 Å². The van der Waals surface area contributed by atoms with Gasteiger partial charge < -0.3 is 20.3 Å². The van der Waals surface area contributed by atoms with Gasteiger partial charge in [-0.05, 0) is 37.6 Å². The number of pyridine rings is 1. The van der Waals surface area contributed by atoms with E-state index in [9.17, 15) is 17.6 Å². The third-order valence-corrected chi connectivity index (χ3v) is 4.60. The van der Waals surface area contributed by atoms with Gasteiger partial charge in [-0.15, -0.1) is 0 Å². The third kappa shape index (κ3) is 5.52. The molecule has 0 spiro atoms. The summed E-state index contributed by atoms with van der Waals surface area (Å²) >= 11 is 0. The minimum atomic E-state index is -3.06. The molecule has 0 amide bonds. The van der Waals surface area contributed by atoms with Crippen LogP contribution in [-0.2, 0) is 6.54 Å². The molecule has 2 aromatic rings. The molecule has 3 rings (SSSR count). The van der Waals surface area contributed by atoms with Crippen molar-refractivity contribution in [3.8, 4) is 5.75 Å². The topological polar surface area (TPSA) is 61.8 Å². The molecule has 1 saturated heterocycles. The van der Waals surface area contributed by atoms with E-state index in [1.807, 2.05) is 11.8 Å². The van der Waals surface area contributed by atoms with E-state index in [1.54, 1.807) is 0 Å². The second kappa shape index (κ2) is 10.1. The first-order chi connectivity index (χ1) is 14.5. The Labute approximate surface area is 172 Å². The van der Waals surface area contributed by atoms with Gasteiger partial charge in [0.1, 0.15) is 11.6 Å². The molecule has 1 fully saturated rings. The zero-order chi connectivity index (χ0) is 21.5. The molecule has 1 unspecified atom stereocenters. The fraction of sp³-hybridized carbons (Fsp3) is 0.400. The molecular formula is C20H23F4N5O. The highest BCUT2D eigenvalue weighted by Gasteiger charge is 2.26. The lowest BCUT2D eigenvalue weighted by Gasteiger charge is -2.20. The van der Waals surface area contributed by atoms with Crippen LogP contribution in [0.5, 0.6) is 5.75 Å². The van der Waals surface area contributed by atoms with E-state index in [-0.39, 0.29) is 29.7 Å². The summed E-state index contributed by atoms with van der Waals surface area (Å²) in [5.41, 5.74) is -0.0568. The van der Waals surface area contributed by atoms with Crippen LogP contribution in [-0.4, -0.2) is 43.2 Å². The fourth-order valence-corrected chi connectivity index (χ4v) is 3.25. The van der Waals surface area contributed by atoms with Crippen molar-refractivity contribution in [1.82, 2.24) is 15.6 Å². The van der Waals surface area contributed by atoms with Gasteiger partial charge >= 0.3 is 6.61 Å². The van der Waals surface area contributed by atoms with Crippen molar-refractivity contribution >= 4 is 11.8 Å². The lowest BCUT2D eigenvalue weighted by atomic mass is 10.2. The number of nitrogens with one attached hydrogen (secondary N) is 2. The SMILES string of the molecule is CCNC(=NCc1c(F)cccc1OC(F)F)NC1CCN(c2ncccc2F)C1. The fourth-order valence-electron chi connectivity index (χ4n) is 3.25. The Morgan fingerprint density at radius 1 is 1.27 bits per heavy atom. The highest BCUT2D eigenvalue weighted by molar-refractivity contribution is 5.80. The number of aromatic nitrogens is 1. The van der Waals surface area contributed by atoms with Crippen molar-refractivity contribution in [3.05, 3.63) is 53.7 Å². The van der Waals surface area contributed by atoms with Crippen LogP contribution in [0.25, 0.3) is 0 Å². The molecule has 2 heterocycles. The average Bonchev–Trinajstić information content (AvgIpc) is 3.16. The molecule has 1 aliphatic heterocycles. The number of halogens is 4. The van der Waals surface area contributed by atoms with Crippen molar-refractivity contribution in [2.45, 2.75) is 32.5 Å². The second-order valence-electron chi connectivity index (χ2n) is 6.67. The Hall–Kier alpha value is -3.04. The summed E-state index contributed by atoms with van der Waals surface area (Å²) in [7, 11) is 0. The molecule has 0 saturated carbocycles. The number of hydrogen-bond acceptors (Lipinski definition) is 4. The number of nitrogens with zero attached hydrogens (tertiary/aromatic N) is 3. The van der Waals surface area contributed by atoms with E-state index in [1.165, 1.54) is 36.5 Å². The maximum Gasteiger partial charge on any atom is 0.387 e. The number of benzene rings is 1. The number of rotatable bonds is 7. The minimum absolute atomic E-state index is 0.0402. The number of ether oxygens (including phenoxy) is 1. The predicted molar refractivity (Wildman–Crippen MR) is 106 cm³/mol. The zero-order valence-corrected chi connectivity index (χ0v) is 16.4. The number of anilines is 1. The van der Waals surface area contributed by atoms with Crippen LogP contribution in [0.15, 0.2) is 41.5 Å². The maximum atomic E-state index is 14.1.